The Kier molecular flexibility index (Phi) is 10.3. The molecule has 0 fully saturated rings. The van der Waals surface area contributed by atoms with Crippen molar-refractivity contribution >= 4 is 5.78 Å². The third kappa shape index (κ3) is 9.64. The number of rotatable bonds is 11. The number of ketones is 1. The molecule has 0 saturated heterocycles. The molecule has 0 bridgehead atoms. The van der Waals surface area contributed by atoms with E-state index >= 15 is 0 Å². The summed E-state index contributed by atoms with van der Waals surface area (Å²) in [4.78, 5) is 13.8. The SMILES string of the molecule is CC(C)C(=O)CCCCCCCCN(C)C(C)C. The van der Waals surface area contributed by atoms with Crippen molar-refractivity contribution in [1.29, 1.82) is 0 Å². The number of carbonyl (C=O) groups excluding carboxylic acids is 1. The van der Waals surface area contributed by atoms with Gasteiger partial charge in [-0.1, -0.05) is 39.5 Å². The van der Waals surface area contributed by atoms with Gasteiger partial charge in [-0.15, -0.1) is 0 Å². The first kappa shape index (κ1) is 17.6. The Hall–Kier alpha value is -0.370. The van der Waals surface area contributed by atoms with Gasteiger partial charge in [-0.05, 0) is 40.3 Å². The van der Waals surface area contributed by atoms with Gasteiger partial charge in [0.15, 0.2) is 0 Å². The topological polar surface area (TPSA) is 20.3 Å². The molecule has 0 aliphatic rings. The van der Waals surface area contributed by atoms with Crippen LogP contribution in [0.5, 0.6) is 0 Å². The minimum atomic E-state index is 0.219. The molecule has 0 radical (unpaired) electrons. The number of nitrogens with zero attached hydrogens (tertiary/aromatic N) is 1. The van der Waals surface area contributed by atoms with Crippen molar-refractivity contribution in [2.45, 2.75) is 78.7 Å². The third-order valence-corrected chi connectivity index (χ3v) is 3.71. The van der Waals surface area contributed by atoms with E-state index in [0.717, 1.165) is 12.8 Å². The lowest BCUT2D eigenvalue weighted by Crippen LogP contribution is -2.27. The van der Waals surface area contributed by atoms with Gasteiger partial charge in [0, 0.05) is 18.4 Å². The van der Waals surface area contributed by atoms with Crippen LogP contribution < -0.4 is 0 Å². The van der Waals surface area contributed by atoms with Crippen LogP contribution in [-0.4, -0.2) is 30.3 Å². The number of unbranched alkanes of at least 4 members (excludes halogenated alkanes) is 5. The van der Waals surface area contributed by atoms with Crippen LogP contribution >= 0.6 is 0 Å². The van der Waals surface area contributed by atoms with E-state index in [2.05, 4.69) is 25.8 Å². The first-order chi connectivity index (χ1) is 8.45. The number of hydrogen-bond donors (Lipinski definition) is 0. The van der Waals surface area contributed by atoms with Gasteiger partial charge in [0.25, 0.3) is 0 Å². The van der Waals surface area contributed by atoms with Crippen molar-refractivity contribution in [2.75, 3.05) is 13.6 Å². The largest absolute Gasteiger partial charge is 0.304 e. The van der Waals surface area contributed by atoms with Crippen LogP contribution in [0.3, 0.4) is 0 Å². The van der Waals surface area contributed by atoms with Crippen molar-refractivity contribution in [3.05, 3.63) is 0 Å². The lowest BCUT2D eigenvalue weighted by atomic mass is 10.0. The van der Waals surface area contributed by atoms with E-state index in [1.54, 1.807) is 0 Å². The molecule has 0 rings (SSSR count). The van der Waals surface area contributed by atoms with E-state index in [1.165, 1.54) is 38.6 Å². The molecule has 2 nitrogen and oxygen atoms in total. The molecule has 0 unspecified atom stereocenters. The Bertz CT molecular complexity index is 211. The van der Waals surface area contributed by atoms with Gasteiger partial charge in [0.05, 0.1) is 0 Å². The number of Topliss-reactive ketones (excluding diaryl/α,β-unsaturated/α-hetero) is 1. The van der Waals surface area contributed by atoms with Crippen LogP contribution in [-0.2, 0) is 4.79 Å². The highest BCUT2D eigenvalue weighted by atomic mass is 16.1. The summed E-state index contributed by atoms with van der Waals surface area (Å²) in [5, 5.41) is 0. The van der Waals surface area contributed by atoms with Crippen LogP contribution in [0.25, 0.3) is 0 Å². The highest BCUT2D eigenvalue weighted by Crippen LogP contribution is 2.10. The molecule has 0 spiro atoms. The highest BCUT2D eigenvalue weighted by molar-refractivity contribution is 5.80. The Morgan fingerprint density at radius 2 is 1.39 bits per heavy atom. The lowest BCUT2D eigenvalue weighted by Gasteiger charge is -2.20. The summed E-state index contributed by atoms with van der Waals surface area (Å²) in [5.41, 5.74) is 0. The van der Waals surface area contributed by atoms with Crippen LogP contribution in [0.1, 0.15) is 72.6 Å². The van der Waals surface area contributed by atoms with Gasteiger partial charge in [0.2, 0.25) is 0 Å². The summed E-state index contributed by atoms with van der Waals surface area (Å²) < 4.78 is 0. The molecule has 0 atom stereocenters. The molecule has 0 aromatic carbocycles. The molecular weight excluding hydrogens is 222 g/mol. The molecule has 108 valence electrons. The minimum Gasteiger partial charge on any atom is -0.304 e. The summed E-state index contributed by atoms with van der Waals surface area (Å²) in [6.07, 6.45) is 8.34. The Balaban J connectivity index is 3.24. The van der Waals surface area contributed by atoms with Gasteiger partial charge < -0.3 is 4.90 Å². The fourth-order valence-corrected chi connectivity index (χ4v) is 1.91. The van der Waals surface area contributed by atoms with Crippen LogP contribution in [0.4, 0.5) is 0 Å². The standard InChI is InChI=1S/C16H33NO/c1-14(2)16(18)12-10-8-6-7-9-11-13-17(5)15(3)4/h14-15H,6-13H2,1-5H3. The van der Waals surface area contributed by atoms with Crippen LogP contribution in [0.2, 0.25) is 0 Å². The second-order valence-electron chi connectivity index (χ2n) is 6.07. The zero-order chi connectivity index (χ0) is 14.0. The maximum atomic E-state index is 11.4. The van der Waals surface area contributed by atoms with Crippen LogP contribution in [0, 0.1) is 5.92 Å². The minimum absolute atomic E-state index is 0.219. The van der Waals surface area contributed by atoms with Gasteiger partial charge >= 0.3 is 0 Å². The summed E-state index contributed by atoms with van der Waals surface area (Å²) in [5.74, 6) is 0.644. The summed E-state index contributed by atoms with van der Waals surface area (Å²) in [6, 6.07) is 0.659. The predicted octanol–water partition coefficient (Wildman–Crippen LogP) is 4.28. The van der Waals surface area contributed by atoms with E-state index < -0.39 is 0 Å². The van der Waals surface area contributed by atoms with Gasteiger partial charge in [0.1, 0.15) is 5.78 Å². The molecule has 0 N–H and O–H groups in total. The maximum absolute atomic E-state index is 11.4. The first-order valence-electron chi connectivity index (χ1n) is 7.68. The Labute approximate surface area is 114 Å². The van der Waals surface area contributed by atoms with Gasteiger partial charge in [-0.3, -0.25) is 4.79 Å². The van der Waals surface area contributed by atoms with Crippen LogP contribution in [0.15, 0.2) is 0 Å². The molecule has 0 aromatic heterocycles. The zero-order valence-corrected chi connectivity index (χ0v) is 13.2. The average molecular weight is 255 g/mol. The lowest BCUT2D eigenvalue weighted by molar-refractivity contribution is -0.122. The second kappa shape index (κ2) is 10.5. The maximum Gasteiger partial charge on any atom is 0.135 e. The summed E-state index contributed by atoms with van der Waals surface area (Å²) in [6.45, 7) is 9.68. The molecule has 0 aliphatic carbocycles. The fraction of sp³-hybridized carbons (Fsp3) is 0.938. The smallest absolute Gasteiger partial charge is 0.135 e. The first-order valence-corrected chi connectivity index (χ1v) is 7.68. The van der Waals surface area contributed by atoms with Crippen molar-refractivity contribution in [2.24, 2.45) is 5.92 Å². The zero-order valence-electron chi connectivity index (χ0n) is 13.2. The Morgan fingerprint density at radius 3 is 1.89 bits per heavy atom. The van der Waals surface area contributed by atoms with Crippen molar-refractivity contribution in [3.63, 3.8) is 0 Å². The van der Waals surface area contributed by atoms with E-state index in [9.17, 15) is 4.79 Å². The van der Waals surface area contributed by atoms with Crippen molar-refractivity contribution < 1.29 is 4.79 Å². The fourth-order valence-electron chi connectivity index (χ4n) is 1.91. The average Bonchev–Trinajstić information content (AvgIpc) is 2.31. The van der Waals surface area contributed by atoms with Gasteiger partial charge in [-0.25, -0.2) is 0 Å². The normalized spacial score (nSPS) is 11.8. The molecule has 0 aromatic rings. The molecule has 0 heterocycles. The summed E-state index contributed by atoms with van der Waals surface area (Å²) >= 11 is 0. The van der Waals surface area contributed by atoms with E-state index in [1.807, 2.05) is 13.8 Å². The van der Waals surface area contributed by atoms with E-state index in [4.69, 9.17) is 0 Å². The second-order valence-corrected chi connectivity index (χ2v) is 6.07. The van der Waals surface area contributed by atoms with E-state index in [-0.39, 0.29) is 5.92 Å². The Morgan fingerprint density at radius 1 is 0.889 bits per heavy atom. The van der Waals surface area contributed by atoms with Gasteiger partial charge in [-0.2, -0.15) is 0 Å². The quantitative estimate of drug-likeness (QED) is 0.514. The summed E-state index contributed by atoms with van der Waals surface area (Å²) in [7, 11) is 2.20. The highest BCUT2D eigenvalue weighted by Gasteiger charge is 2.06. The predicted molar refractivity (Wildman–Crippen MR) is 79.9 cm³/mol. The molecule has 2 heteroatoms. The van der Waals surface area contributed by atoms with Crippen molar-refractivity contribution in [3.8, 4) is 0 Å². The molecular formula is C16H33NO. The number of hydrogen-bond acceptors (Lipinski definition) is 2. The molecule has 0 amide bonds. The molecule has 0 aliphatic heterocycles. The van der Waals surface area contributed by atoms with Crippen molar-refractivity contribution in [1.82, 2.24) is 4.90 Å². The third-order valence-electron chi connectivity index (χ3n) is 3.71. The monoisotopic (exact) mass is 255 g/mol. The number of carbonyl (C=O) groups is 1. The van der Waals surface area contributed by atoms with E-state index in [0.29, 0.717) is 11.8 Å². The molecule has 0 saturated carbocycles. The molecule has 18 heavy (non-hydrogen) atoms.